The Bertz CT molecular complexity index is 321. The zero-order valence-electron chi connectivity index (χ0n) is 8.56. The number of carbonyl (C=O) groups is 1. The highest BCUT2D eigenvalue weighted by Crippen LogP contribution is 2.31. The van der Waals surface area contributed by atoms with Gasteiger partial charge < -0.3 is 9.52 Å². The number of aliphatic carboxylic acids is 1. The van der Waals surface area contributed by atoms with Gasteiger partial charge in [-0.2, -0.15) is 0 Å². The van der Waals surface area contributed by atoms with Crippen LogP contribution in [0, 0.1) is 0 Å². The number of furan rings is 1. The third kappa shape index (κ3) is 2.39. The Kier molecular flexibility index (Phi) is 3.06. The molecule has 1 saturated heterocycles. The molecular weight excluding hydrogens is 194 g/mol. The van der Waals surface area contributed by atoms with Crippen molar-refractivity contribution in [3.63, 3.8) is 0 Å². The van der Waals surface area contributed by atoms with Crippen LogP contribution in [0.1, 0.15) is 31.1 Å². The maximum Gasteiger partial charge on any atom is 0.304 e. The molecule has 4 nitrogen and oxygen atoms in total. The Morgan fingerprint density at radius 2 is 2.53 bits per heavy atom. The number of carboxylic acids is 1. The van der Waals surface area contributed by atoms with E-state index in [1.807, 2.05) is 12.1 Å². The zero-order valence-corrected chi connectivity index (χ0v) is 8.56. The fourth-order valence-corrected chi connectivity index (χ4v) is 2.14. The van der Waals surface area contributed by atoms with Crippen molar-refractivity contribution in [3.05, 3.63) is 24.2 Å². The highest BCUT2D eigenvalue weighted by atomic mass is 16.4. The molecule has 0 aliphatic carbocycles. The first-order valence-corrected chi connectivity index (χ1v) is 5.26. The lowest BCUT2D eigenvalue weighted by Crippen LogP contribution is -2.25. The maximum atomic E-state index is 10.5. The highest BCUT2D eigenvalue weighted by Gasteiger charge is 2.27. The number of nitrogens with zero attached hydrogens (tertiary/aromatic N) is 1. The Balaban J connectivity index is 1.96. The van der Waals surface area contributed by atoms with Crippen LogP contribution in [-0.2, 0) is 4.79 Å². The van der Waals surface area contributed by atoms with E-state index in [2.05, 4.69) is 4.90 Å². The van der Waals surface area contributed by atoms with E-state index in [-0.39, 0.29) is 12.5 Å². The van der Waals surface area contributed by atoms with Gasteiger partial charge in [-0.1, -0.05) is 0 Å². The SMILES string of the molecule is O=C(O)CCN1CCCC1c1ccco1. The predicted octanol–water partition coefficient (Wildman–Crippen LogP) is 1.89. The van der Waals surface area contributed by atoms with E-state index in [1.165, 1.54) is 0 Å². The molecule has 1 unspecified atom stereocenters. The first-order valence-electron chi connectivity index (χ1n) is 5.26. The normalized spacial score (nSPS) is 22.0. The molecule has 0 spiro atoms. The molecule has 0 radical (unpaired) electrons. The maximum absolute atomic E-state index is 10.5. The standard InChI is InChI=1S/C11H15NO3/c13-11(14)5-7-12-6-1-3-9(12)10-4-2-8-15-10/h2,4,8-9H,1,3,5-7H2,(H,13,14). The van der Waals surface area contributed by atoms with Gasteiger partial charge in [0.25, 0.3) is 0 Å². The molecule has 1 aliphatic rings. The molecule has 0 bridgehead atoms. The first kappa shape index (κ1) is 10.2. The van der Waals surface area contributed by atoms with Crippen LogP contribution < -0.4 is 0 Å². The lowest BCUT2D eigenvalue weighted by Gasteiger charge is -2.21. The fourth-order valence-electron chi connectivity index (χ4n) is 2.14. The summed E-state index contributed by atoms with van der Waals surface area (Å²) in [6, 6.07) is 4.12. The van der Waals surface area contributed by atoms with E-state index in [9.17, 15) is 4.79 Å². The van der Waals surface area contributed by atoms with Crippen LogP contribution in [0.25, 0.3) is 0 Å². The lowest BCUT2D eigenvalue weighted by atomic mass is 10.1. The topological polar surface area (TPSA) is 53.7 Å². The van der Waals surface area contributed by atoms with E-state index in [0.717, 1.165) is 25.1 Å². The van der Waals surface area contributed by atoms with Crippen molar-refractivity contribution in [2.45, 2.75) is 25.3 Å². The Hall–Kier alpha value is -1.29. The van der Waals surface area contributed by atoms with Crippen molar-refractivity contribution < 1.29 is 14.3 Å². The Labute approximate surface area is 88.5 Å². The van der Waals surface area contributed by atoms with Gasteiger partial charge in [-0.15, -0.1) is 0 Å². The van der Waals surface area contributed by atoms with Gasteiger partial charge in [0, 0.05) is 6.54 Å². The average molecular weight is 209 g/mol. The molecule has 4 heteroatoms. The third-order valence-electron chi connectivity index (χ3n) is 2.85. The van der Waals surface area contributed by atoms with Gasteiger partial charge >= 0.3 is 5.97 Å². The van der Waals surface area contributed by atoms with Gasteiger partial charge in [0.15, 0.2) is 0 Å². The van der Waals surface area contributed by atoms with Crippen molar-refractivity contribution in [1.82, 2.24) is 4.90 Å². The fraction of sp³-hybridized carbons (Fsp3) is 0.545. The lowest BCUT2D eigenvalue weighted by molar-refractivity contribution is -0.137. The molecule has 0 amide bonds. The monoisotopic (exact) mass is 209 g/mol. The molecule has 0 aromatic carbocycles. The number of hydrogen-bond acceptors (Lipinski definition) is 3. The largest absolute Gasteiger partial charge is 0.481 e. The van der Waals surface area contributed by atoms with Crippen LogP contribution in [0.3, 0.4) is 0 Å². The molecule has 2 heterocycles. The van der Waals surface area contributed by atoms with E-state index in [0.29, 0.717) is 6.54 Å². The van der Waals surface area contributed by atoms with Crippen LogP contribution >= 0.6 is 0 Å². The smallest absolute Gasteiger partial charge is 0.304 e. The predicted molar refractivity (Wildman–Crippen MR) is 54.5 cm³/mol. The molecule has 0 saturated carbocycles. The Morgan fingerprint density at radius 3 is 3.20 bits per heavy atom. The van der Waals surface area contributed by atoms with Crippen molar-refractivity contribution in [3.8, 4) is 0 Å². The van der Waals surface area contributed by atoms with Crippen LogP contribution in [0.5, 0.6) is 0 Å². The van der Waals surface area contributed by atoms with Crippen LogP contribution in [-0.4, -0.2) is 29.1 Å². The zero-order chi connectivity index (χ0) is 10.7. The van der Waals surface area contributed by atoms with Gasteiger partial charge in [-0.05, 0) is 31.5 Å². The molecule has 82 valence electrons. The van der Waals surface area contributed by atoms with Gasteiger partial charge in [-0.3, -0.25) is 9.69 Å². The minimum Gasteiger partial charge on any atom is -0.481 e. The van der Waals surface area contributed by atoms with Gasteiger partial charge in [-0.25, -0.2) is 0 Å². The summed E-state index contributed by atoms with van der Waals surface area (Å²) in [6.07, 6.45) is 4.05. The van der Waals surface area contributed by atoms with Crippen molar-refractivity contribution in [1.29, 1.82) is 0 Å². The number of likely N-dealkylation sites (tertiary alicyclic amines) is 1. The van der Waals surface area contributed by atoms with Gasteiger partial charge in [0.2, 0.25) is 0 Å². The average Bonchev–Trinajstić information content (AvgIpc) is 2.85. The van der Waals surface area contributed by atoms with E-state index < -0.39 is 5.97 Å². The molecule has 1 aromatic rings. The minimum atomic E-state index is -0.736. The van der Waals surface area contributed by atoms with E-state index >= 15 is 0 Å². The summed E-state index contributed by atoms with van der Waals surface area (Å²) in [6.45, 7) is 1.58. The summed E-state index contributed by atoms with van der Waals surface area (Å²) in [7, 11) is 0. The first-order chi connectivity index (χ1) is 7.27. The second-order valence-electron chi connectivity index (χ2n) is 3.85. The van der Waals surface area contributed by atoms with Gasteiger partial charge in [0.05, 0.1) is 18.7 Å². The van der Waals surface area contributed by atoms with E-state index in [1.54, 1.807) is 6.26 Å². The molecule has 15 heavy (non-hydrogen) atoms. The van der Waals surface area contributed by atoms with Gasteiger partial charge in [0.1, 0.15) is 5.76 Å². The highest BCUT2D eigenvalue weighted by molar-refractivity contribution is 5.66. The third-order valence-corrected chi connectivity index (χ3v) is 2.85. The summed E-state index contributed by atoms with van der Waals surface area (Å²) < 4.78 is 5.37. The molecule has 1 aromatic heterocycles. The van der Waals surface area contributed by atoms with Crippen LogP contribution in [0.4, 0.5) is 0 Å². The summed E-state index contributed by atoms with van der Waals surface area (Å²) in [5.74, 6) is 0.220. The minimum absolute atomic E-state index is 0.206. The molecule has 1 aliphatic heterocycles. The molecular formula is C11H15NO3. The second kappa shape index (κ2) is 4.49. The van der Waals surface area contributed by atoms with Crippen molar-refractivity contribution in [2.75, 3.05) is 13.1 Å². The summed E-state index contributed by atoms with van der Waals surface area (Å²) in [4.78, 5) is 12.7. The summed E-state index contributed by atoms with van der Waals surface area (Å²) in [5.41, 5.74) is 0. The van der Waals surface area contributed by atoms with E-state index in [4.69, 9.17) is 9.52 Å². The number of rotatable bonds is 4. The molecule has 1 atom stereocenters. The van der Waals surface area contributed by atoms with Crippen molar-refractivity contribution >= 4 is 5.97 Å². The molecule has 1 N–H and O–H groups in total. The number of carboxylic acid groups (broad SMARTS) is 1. The van der Waals surface area contributed by atoms with Crippen LogP contribution in [0.15, 0.2) is 22.8 Å². The summed E-state index contributed by atoms with van der Waals surface area (Å²) >= 11 is 0. The number of hydrogen-bond donors (Lipinski definition) is 1. The van der Waals surface area contributed by atoms with Crippen molar-refractivity contribution in [2.24, 2.45) is 0 Å². The molecule has 1 fully saturated rings. The Morgan fingerprint density at radius 1 is 1.67 bits per heavy atom. The van der Waals surface area contributed by atoms with Crippen LogP contribution in [0.2, 0.25) is 0 Å². The second-order valence-corrected chi connectivity index (χ2v) is 3.85. The quantitative estimate of drug-likeness (QED) is 0.822. The summed E-state index contributed by atoms with van der Waals surface area (Å²) in [5, 5.41) is 8.64. The molecule has 2 rings (SSSR count).